The number of hydrogen-bond acceptors (Lipinski definition) is 3. The van der Waals surface area contributed by atoms with Gasteiger partial charge in [-0.15, -0.1) is 0 Å². The molecule has 0 atom stereocenters. The van der Waals surface area contributed by atoms with E-state index < -0.39 is 21.8 Å². The standard InChI is InChI=1S/C19H20F3N3O3S.ClH/c1-14(26)23-16-5-7-18(8-6-16)29(27,28)25-11-9-24(10-12-25)17-4-2-3-15(13-17)19(20,21)22;/h2-8,13H,9-12H2,1H3,(H,23,26);1H. The van der Waals surface area contributed by atoms with Crippen LogP contribution >= 0.6 is 0 Å². The van der Waals surface area contributed by atoms with Crippen LogP contribution in [0.2, 0.25) is 0 Å². The van der Waals surface area contributed by atoms with E-state index in [1.165, 1.54) is 41.6 Å². The summed E-state index contributed by atoms with van der Waals surface area (Å²) in [5.41, 5.74) is 0.281. The van der Waals surface area contributed by atoms with E-state index in [2.05, 4.69) is 5.32 Å². The van der Waals surface area contributed by atoms with Crippen molar-refractivity contribution in [2.24, 2.45) is 0 Å². The van der Waals surface area contributed by atoms with Crippen LogP contribution in [0.25, 0.3) is 0 Å². The average Bonchev–Trinajstić information content (AvgIpc) is 2.67. The molecule has 0 saturated carbocycles. The fourth-order valence-corrected chi connectivity index (χ4v) is 4.70. The van der Waals surface area contributed by atoms with Crippen LogP contribution in [0, 0.1) is 0 Å². The number of rotatable bonds is 4. The number of sulfonamides is 1. The Kier molecular flexibility index (Phi) is 7.51. The van der Waals surface area contributed by atoms with E-state index in [0.29, 0.717) is 24.5 Å². The zero-order chi connectivity index (χ0) is 21.2. The number of alkyl halides is 3. The highest BCUT2D eigenvalue weighted by atomic mass is 35.5. The summed E-state index contributed by atoms with van der Waals surface area (Å²) in [4.78, 5) is 12.0. The summed E-state index contributed by atoms with van der Waals surface area (Å²) in [5, 5.41) is 2.57. The topological polar surface area (TPSA) is 70.9 Å². The van der Waals surface area contributed by atoms with Crippen LogP contribution in [-0.4, -0.2) is 44.8 Å². The molecule has 3 rings (SSSR count). The lowest BCUT2D eigenvalue weighted by Crippen LogP contribution is -3.10. The molecular weight excluding hydrogens is 443 g/mol. The van der Waals surface area contributed by atoms with Gasteiger partial charge in [-0.1, -0.05) is 6.07 Å². The summed E-state index contributed by atoms with van der Waals surface area (Å²) >= 11 is 0. The van der Waals surface area contributed by atoms with Gasteiger partial charge in [0.05, 0.1) is 36.6 Å². The van der Waals surface area contributed by atoms with E-state index in [1.54, 1.807) is 6.07 Å². The van der Waals surface area contributed by atoms with Crippen LogP contribution in [0.5, 0.6) is 0 Å². The number of carbonyl (C=O) groups is 1. The molecule has 0 aromatic heterocycles. The van der Waals surface area contributed by atoms with Gasteiger partial charge in [0.15, 0.2) is 0 Å². The normalized spacial score (nSPS) is 16.0. The van der Waals surface area contributed by atoms with Crippen LogP contribution in [0.15, 0.2) is 53.4 Å². The number of piperazine rings is 1. The van der Waals surface area contributed by atoms with Crippen LogP contribution in [0.3, 0.4) is 0 Å². The Morgan fingerprint density at radius 2 is 1.67 bits per heavy atom. The Balaban J connectivity index is 0.00000320. The van der Waals surface area contributed by atoms with Gasteiger partial charge in [-0.05, 0) is 36.4 Å². The van der Waals surface area contributed by atoms with Crippen molar-refractivity contribution in [2.45, 2.75) is 18.0 Å². The second-order valence-corrected chi connectivity index (χ2v) is 8.73. The van der Waals surface area contributed by atoms with E-state index in [9.17, 15) is 26.4 Å². The van der Waals surface area contributed by atoms with E-state index in [1.807, 2.05) is 0 Å². The van der Waals surface area contributed by atoms with Crippen LogP contribution < -0.4 is 22.6 Å². The number of quaternary nitrogens is 1. The number of nitrogens with one attached hydrogen (secondary N) is 2. The average molecular weight is 464 g/mol. The summed E-state index contributed by atoms with van der Waals surface area (Å²) in [6.07, 6.45) is -4.41. The summed E-state index contributed by atoms with van der Waals surface area (Å²) < 4.78 is 65.7. The van der Waals surface area contributed by atoms with Crippen molar-refractivity contribution in [3.63, 3.8) is 0 Å². The van der Waals surface area contributed by atoms with Gasteiger partial charge in [0, 0.05) is 18.7 Å². The zero-order valence-electron chi connectivity index (χ0n) is 16.0. The Morgan fingerprint density at radius 3 is 2.20 bits per heavy atom. The fraction of sp³-hybridized carbons (Fsp3) is 0.316. The lowest BCUT2D eigenvalue weighted by atomic mass is 10.1. The lowest BCUT2D eigenvalue weighted by Gasteiger charge is -2.31. The molecule has 1 saturated heterocycles. The van der Waals surface area contributed by atoms with Crippen molar-refractivity contribution in [1.29, 1.82) is 0 Å². The molecule has 0 spiro atoms. The third kappa shape index (κ3) is 5.51. The van der Waals surface area contributed by atoms with Crippen molar-refractivity contribution in [1.82, 2.24) is 4.31 Å². The summed E-state index contributed by atoms with van der Waals surface area (Å²) in [7, 11) is -3.72. The summed E-state index contributed by atoms with van der Waals surface area (Å²) in [6.45, 7) is 2.48. The third-order valence-electron chi connectivity index (χ3n) is 4.74. The molecule has 0 aliphatic carbocycles. The maximum atomic E-state index is 12.9. The Labute approximate surface area is 179 Å². The molecule has 2 aromatic rings. The molecule has 2 aromatic carbocycles. The first kappa shape index (κ1) is 24.1. The van der Waals surface area contributed by atoms with Gasteiger partial charge >= 0.3 is 6.18 Å². The first-order valence-electron chi connectivity index (χ1n) is 8.97. The summed E-state index contributed by atoms with van der Waals surface area (Å²) in [6, 6.07) is 11.0. The second-order valence-electron chi connectivity index (χ2n) is 6.79. The van der Waals surface area contributed by atoms with Crippen LogP contribution in [0.1, 0.15) is 12.5 Å². The number of benzene rings is 2. The van der Waals surface area contributed by atoms with Gasteiger partial charge in [-0.25, -0.2) is 8.42 Å². The summed E-state index contributed by atoms with van der Waals surface area (Å²) in [5.74, 6) is -0.255. The SMILES string of the molecule is CC(=O)Nc1ccc(S(=O)(=O)N2CC[NH+](c3cccc(C(F)(F)F)c3)CC2)cc1.[Cl-]. The monoisotopic (exact) mass is 463 g/mol. The van der Waals surface area contributed by atoms with Crippen LogP contribution in [-0.2, 0) is 21.0 Å². The molecule has 0 bridgehead atoms. The molecule has 1 aliphatic heterocycles. The minimum atomic E-state index is -4.41. The first-order chi connectivity index (χ1) is 13.6. The molecule has 6 nitrogen and oxygen atoms in total. The van der Waals surface area contributed by atoms with Gasteiger partial charge in [-0.2, -0.15) is 17.5 Å². The number of nitrogens with zero attached hydrogens (tertiary/aromatic N) is 1. The highest BCUT2D eigenvalue weighted by Gasteiger charge is 2.34. The van der Waals surface area contributed by atoms with E-state index in [-0.39, 0.29) is 36.3 Å². The minimum absolute atomic E-state index is 0. The number of halogens is 4. The van der Waals surface area contributed by atoms with Crippen molar-refractivity contribution >= 4 is 27.3 Å². The van der Waals surface area contributed by atoms with E-state index in [0.717, 1.165) is 17.0 Å². The predicted molar refractivity (Wildman–Crippen MR) is 101 cm³/mol. The number of amides is 1. The number of hydrogen-bond donors (Lipinski definition) is 2. The maximum Gasteiger partial charge on any atom is 0.416 e. The first-order valence-corrected chi connectivity index (χ1v) is 10.4. The molecule has 0 radical (unpaired) electrons. The lowest BCUT2D eigenvalue weighted by molar-refractivity contribution is -0.837. The molecule has 2 N–H and O–H groups in total. The van der Waals surface area contributed by atoms with Gasteiger partial charge in [0.1, 0.15) is 5.69 Å². The molecule has 30 heavy (non-hydrogen) atoms. The van der Waals surface area contributed by atoms with Crippen molar-refractivity contribution in [2.75, 3.05) is 31.5 Å². The second kappa shape index (κ2) is 9.34. The smallest absolute Gasteiger partial charge is 0.416 e. The zero-order valence-corrected chi connectivity index (χ0v) is 17.6. The number of anilines is 1. The van der Waals surface area contributed by atoms with Crippen molar-refractivity contribution in [3.05, 3.63) is 54.1 Å². The molecule has 1 fully saturated rings. The quantitative estimate of drug-likeness (QED) is 0.604. The largest absolute Gasteiger partial charge is 1.00 e. The van der Waals surface area contributed by atoms with Gasteiger partial charge in [-0.3, -0.25) is 4.79 Å². The minimum Gasteiger partial charge on any atom is -1.00 e. The van der Waals surface area contributed by atoms with Crippen molar-refractivity contribution < 1.29 is 43.7 Å². The van der Waals surface area contributed by atoms with E-state index in [4.69, 9.17) is 0 Å². The molecule has 11 heteroatoms. The molecule has 0 unspecified atom stereocenters. The van der Waals surface area contributed by atoms with Crippen LogP contribution in [0.4, 0.5) is 24.5 Å². The molecule has 1 aliphatic rings. The maximum absolute atomic E-state index is 12.9. The molecule has 164 valence electrons. The van der Waals surface area contributed by atoms with E-state index >= 15 is 0 Å². The third-order valence-corrected chi connectivity index (χ3v) is 6.65. The fourth-order valence-electron chi connectivity index (χ4n) is 3.26. The highest BCUT2D eigenvalue weighted by molar-refractivity contribution is 7.89. The van der Waals surface area contributed by atoms with Crippen molar-refractivity contribution in [3.8, 4) is 0 Å². The number of carbonyl (C=O) groups excluding carboxylic acids is 1. The Hall–Kier alpha value is -2.14. The molecule has 1 heterocycles. The Morgan fingerprint density at radius 1 is 1.07 bits per heavy atom. The van der Waals surface area contributed by atoms with Gasteiger partial charge in [0.2, 0.25) is 15.9 Å². The highest BCUT2D eigenvalue weighted by Crippen LogP contribution is 2.30. The van der Waals surface area contributed by atoms with Gasteiger partial charge in [0.25, 0.3) is 0 Å². The Bertz CT molecular complexity index is 990. The molecule has 1 amide bonds. The van der Waals surface area contributed by atoms with Gasteiger partial charge < -0.3 is 22.6 Å². The predicted octanol–water partition coefficient (Wildman–Crippen LogP) is -1.11. The molecular formula is C19H21ClF3N3O3S.